The van der Waals surface area contributed by atoms with Gasteiger partial charge in [0.2, 0.25) is 11.8 Å². The third-order valence-electron chi connectivity index (χ3n) is 6.33. The van der Waals surface area contributed by atoms with E-state index in [0.717, 1.165) is 5.56 Å². The van der Waals surface area contributed by atoms with E-state index in [1.165, 1.54) is 21.6 Å². The summed E-state index contributed by atoms with van der Waals surface area (Å²) in [6, 6.07) is 20.0. The Morgan fingerprint density at radius 3 is 1.89 bits per heavy atom. The lowest BCUT2D eigenvalue weighted by atomic mass is 9.85. The topological polar surface area (TPSA) is 37.4 Å². The Kier molecular flexibility index (Phi) is 3.64. The number of hydrogen-bond acceptors (Lipinski definition) is 2. The molecule has 2 aromatic carbocycles. The predicted octanol–water partition coefficient (Wildman–Crippen LogP) is 4.08. The van der Waals surface area contributed by atoms with Gasteiger partial charge in [-0.25, -0.2) is 0 Å². The largest absolute Gasteiger partial charge is 0.278 e. The maximum Gasteiger partial charge on any atom is 0.234 e. The first kappa shape index (κ1) is 16.2. The van der Waals surface area contributed by atoms with Gasteiger partial charge in [-0.3, -0.25) is 14.5 Å². The van der Waals surface area contributed by atoms with Gasteiger partial charge < -0.3 is 0 Å². The number of nitrogens with zero attached hydrogens (tertiary/aromatic N) is 1. The van der Waals surface area contributed by atoms with Crippen LogP contribution in [-0.4, -0.2) is 16.7 Å². The maximum absolute atomic E-state index is 13.1. The summed E-state index contributed by atoms with van der Waals surface area (Å²) in [5, 5.41) is 0. The lowest BCUT2D eigenvalue weighted by Crippen LogP contribution is -2.32. The SMILES string of the molecule is CC(=C1[C@H]2C=C[C@H]1[C@@H]1C(=O)N(Cc3ccccc3)C(=O)[C@H]12)c1ccccc1. The van der Waals surface area contributed by atoms with Gasteiger partial charge in [0.25, 0.3) is 0 Å². The van der Waals surface area contributed by atoms with Crippen molar-refractivity contribution in [2.75, 3.05) is 0 Å². The summed E-state index contributed by atoms with van der Waals surface area (Å²) >= 11 is 0. The van der Waals surface area contributed by atoms with Crippen LogP contribution in [-0.2, 0) is 16.1 Å². The molecular weight excluding hydrogens is 334 g/mol. The summed E-state index contributed by atoms with van der Waals surface area (Å²) in [6.45, 7) is 2.50. The first-order chi connectivity index (χ1) is 13.2. The first-order valence-electron chi connectivity index (χ1n) is 9.50. The Bertz CT molecular complexity index is 940. The molecule has 2 bridgehead atoms. The van der Waals surface area contributed by atoms with Crippen LogP contribution in [0.15, 0.2) is 78.4 Å². The van der Waals surface area contributed by atoms with Crippen molar-refractivity contribution < 1.29 is 9.59 Å². The summed E-state index contributed by atoms with van der Waals surface area (Å²) in [4.78, 5) is 27.8. The Hall–Kier alpha value is -2.94. The van der Waals surface area contributed by atoms with Crippen molar-refractivity contribution in [2.24, 2.45) is 23.7 Å². The second-order valence-corrected chi connectivity index (χ2v) is 7.68. The average molecular weight is 355 g/mol. The van der Waals surface area contributed by atoms with Gasteiger partial charge >= 0.3 is 0 Å². The zero-order valence-electron chi connectivity index (χ0n) is 15.2. The van der Waals surface area contributed by atoms with E-state index in [4.69, 9.17) is 0 Å². The second-order valence-electron chi connectivity index (χ2n) is 7.68. The summed E-state index contributed by atoms with van der Waals surface area (Å²) in [6.07, 6.45) is 4.29. The number of amides is 2. The number of carbonyl (C=O) groups excluding carboxylic acids is 2. The van der Waals surface area contributed by atoms with Crippen LogP contribution in [0.4, 0.5) is 0 Å². The lowest BCUT2D eigenvalue weighted by molar-refractivity contribution is -0.141. The highest BCUT2D eigenvalue weighted by atomic mass is 16.2. The fourth-order valence-electron chi connectivity index (χ4n) is 5.10. The Balaban J connectivity index is 1.49. The van der Waals surface area contributed by atoms with Crippen molar-refractivity contribution >= 4 is 17.4 Å². The van der Waals surface area contributed by atoms with Crippen LogP contribution in [0.1, 0.15) is 18.1 Å². The zero-order chi connectivity index (χ0) is 18.5. The molecular formula is C24H21NO2. The number of fused-ring (bicyclic) bond motifs is 5. The van der Waals surface area contributed by atoms with E-state index >= 15 is 0 Å². The van der Waals surface area contributed by atoms with Crippen LogP contribution >= 0.6 is 0 Å². The van der Waals surface area contributed by atoms with E-state index in [1.807, 2.05) is 48.5 Å². The van der Waals surface area contributed by atoms with Crippen LogP contribution in [0.25, 0.3) is 5.57 Å². The fraction of sp³-hybridized carbons (Fsp3) is 0.250. The number of hydrogen-bond donors (Lipinski definition) is 0. The summed E-state index contributed by atoms with van der Waals surface area (Å²) < 4.78 is 0. The standard InChI is InChI=1S/C24H21NO2/c1-15(17-10-6-3-7-11-17)20-18-12-13-19(20)22-21(18)23(26)25(24(22)27)14-16-8-4-2-5-9-16/h2-13,18-19,21-22H,14H2,1H3/t18-,19-,21+,22+/m1/s1. The molecule has 27 heavy (non-hydrogen) atoms. The van der Waals surface area contributed by atoms with E-state index in [0.29, 0.717) is 6.54 Å². The van der Waals surface area contributed by atoms with Crippen LogP contribution in [0.5, 0.6) is 0 Å². The Morgan fingerprint density at radius 2 is 1.33 bits per heavy atom. The molecule has 2 aromatic rings. The minimum Gasteiger partial charge on any atom is -0.278 e. The van der Waals surface area contributed by atoms with Gasteiger partial charge in [-0.2, -0.15) is 0 Å². The average Bonchev–Trinajstić information content (AvgIpc) is 3.35. The van der Waals surface area contributed by atoms with Crippen molar-refractivity contribution in [1.82, 2.24) is 4.90 Å². The summed E-state index contributed by atoms with van der Waals surface area (Å²) in [5.41, 5.74) is 4.64. The van der Waals surface area contributed by atoms with Crippen molar-refractivity contribution in [1.29, 1.82) is 0 Å². The molecule has 0 N–H and O–H groups in total. The minimum absolute atomic E-state index is 0.0101. The van der Waals surface area contributed by atoms with Crippen molar-refractivity contribution in [3.8, 4) is 0 Å². The van der Waals surface area contributed by atoms with Gasteiger partial charge in [-0.05, 0) is 23.6 Å². The molecule has 3 aliphatic rings. The smallest absolute Gasteiger partial charge is 0.234 e. The molecule has 3 nitrogen and oxygen atoms in total. The van der Waals surface area contributed by atoms with Crippen LogP contribution in [0.2, 0.25) is 0 Å². The highest BCUT2D eigenvalue weighted by Gasteiger charge is 2.61. The van der Waals surface area contributed by atoms with Crippen molar-refractivity contribution in [2.45, 2.75) is 13.5 Å². The number of carbonyl (C=O) groups is 2. The quantitative estimate of drug-likeness (QED) is 0.615. The molecule has 1 saturated heterocycles. The molecule has 1 aliphatic heterocycles. The van der Waals surface area contributed by atoms with Gasteiger partial charge in [0.15, 0.2) is 0 Å². The van der Waals surface area contributed by atoms with Crippen molar-refractivity contribution in [3.05, 3.63) is 89.5 Å². The first-order valence-corrected chi connectivity index (χ1v) is 9.50. The third-order valence-corrected chi connectivity index (χ3v) is 6.33. The molecule has 1 saturated carbocycles. The molecule has 0 unspecified atom stereocenters. The molecule has 0 radical (unpaired) electrons. The van der Waals surface area contributed by atoms with E-state index in [2.05, 4.69) is 31.2 Å². The Morgan fingerprint density at radius 1 is 0.815 bits per heavy atom. The van der Waals surface area contributed by atoms with Crippen LogP contribution < -0.4 is 0 Å². The predicted molar refractivity (Wildman–Crippen MR) is 104 cm³/mol. The third kappa shape index (κ3) is 2.34. The molecule has 3 heteroatoms. The monoisotopic (exact) mass is 355 g/mol. The second kappa shape index (κ2) is 6.05. The van der Waals surface area contributed by atoms with Gasteiger partial charge in [-0.1, -0.05) is 78.4 Å². The zero-order valence-corrected chi connectivity index (χ0v) is 15.2. The van der Waals surface area contributed by atoms with E-state index in [1.54, 1.807) is 0 Å². The minimum atomic E-state index is -0.232. The molecule has 0 aromatic heterocycles. The molecule has 2 fully saturated rings. The van der Waals surface area contributed by atoms with E-state index < -0.39 is 0 Å². The van der Waals surface area contributed by atoms with Crippen molar-refractivity contribution in [3.63, 3.8) is 0 Å². The number of imide groups is 1. The van der Waals surface area contributed by atoms with Gasteiger partial charge in [-0.15, -0.1) is 0 Å². The highest BCUT2D eigenvalue weighted by Crippen LogP contribution is 2.57. The molecule has 134 valence electrons. The number of rotatable bonds is 3. The van der Waals surface area contributed by atoms with Gasteiger partial charge in [0.1, 0.15) is 0 Å². The number of allylic oxidation sites excluding steroid dienone is 4. The lowest BCUT2D eigenvalue weighted by Gasteiger charge is -2.20. The van der Waals surface area contributed by atoms with Gasteiger partial charge in [0, 0.05) is 11.8 Å². The van der Waals surface area contributed by atoms with Gasteiger partial charge in [0.05, 0.1) is 18.4 Å². The number of likely N-dealkylation sites (tertiary alicyclic amines) is 1. The molecule has 2 aliphatic carbocycles. The Labute approximate surface area is 159 Å². The molecule has 0 spiro atoms. The molecule has 5 rings (SSSR count). The highest BCUT2D eigenvalue weighted by molar-refractivity contribution is 6.07. The normalized spacial score (nSPS) is 28.2. The van der Waals surface area contributed by atoms with Crippen LogP contribution in [0.3, 0.4) is 0 Å². The number of benzene rings is 2. The molecule has 2 amide bonds. The maximum atomic E-state index is 13.1. The van der Waals surface area contributed by atoms with E-state index in [9.17, 15) is 9.59 Å². The fourth-order valence-corrected chi connectivity index (χ4v) is 5.10. The summed E-state index contributed by atoms with van der Waals surface area (Å²) in [5.74, 6) is -0.377. The molecule has 4 atom stereocenters. The molecule has 1 heterocycles. The van der Waals surface area contributed by atoms with Crippen LogP contribution in [0, 0.1) is 23.7 Å². The van der Waals surface area contributed by atoms with E-state index in [-0.39, 0.29) is 35.5 Å². The summed E-state index contributed by atoms with van der Waals surface area (Å²) in [7, 11) is 0.